The Labute approximate surface area is 103 Å². The molecule has 96 valence electrons. The number of hydrogen-bond acceptors (Lipinski definition) is 4. The van der Waals surface area contributed by atoms with Crippen LogP contribution in [0.25, 0.3) is 0 Å². The number of ether oxygens (including phenoxy) is 1. The summed E-state index contributed by atoms with van der Waals surface area (Å²) in [7, 11) is 0. The van der Waals surface area contributed by atoms with Crippen LogP contribution in [0.2, 0.25) is 0 Å². The van der Waals surface area contributed by atoms with Crippen molar-refractivity contribution in [2.75, 3.05) is 13.2 Å². The minimum absolute atomic E-state index is 0.123. The molecule has 0 saturated carbocycles. The highest BCUT2D eigenvalue weighted by molar-refractivity contribution is 5.05. The molecule has 0 radical (unpaired) electrons. The number of likely N-dealkylation sites (N-methyl/N-ethyl adjacent to an activating group) is 1. The van der Waals surface area contributed by atoms with Crippen LogP contribution in [-0.2, 0) is 11.3 Å². The molecule has 2 heterocycles. The van der Waals surface area contributed by atoms with Gasteiger partial charge in [-0.2, -0.15) is 5.10 Å². The van der Waals surface area contributed by atoms with Crippen LogP contribution in [0.1, 0.15) is 45.5 Å². The Kier molecular flexibility index (Phi) is 3.79. The summed E-state index contributed by atoms with van der Waals surface area (Å²) < 4.78 is 7.88. The van der Waals surface area contributed by atoms with Crippen LogP contribution < -0.4 is 5.32 Å². The molecule has 2 rings (SSSR count). The maximum Gasteiger partial charge on any atom is 0.146 e. The molecule has 1 aliphatic heterocycles. The zero-order chi connectivity index (χ0) is 12.3. The van der Waals surface area contributed by atoms with E-state index in [1.165, 1.54) is 0 Å². The van der Waals surface area contributed by atoms with Gasteiger partial charge in [-0.15, -0.1) is 0 Å². The van der Waals surface area contributed by atoms with Crippen LogP contribution in [0.3, 0.4) is 0 Å². The molecular weight excluding hydrogens is 216 g/mol. The summed E-state index contributed by atoms with van der Waals surface area (Å²) in [5.41, 5.74) is -0.157. The van der Waals surface area contributed by atoms with E-state index in [9.17, 15) is 0 Å². The Hall–Kier alpha value is -0.940. The highest BCUT2D eigenvalue weighted by Gasteiger charge is 2.41. The molecule has 1 N–H and O–H groups in total. The Morgan fingerprint density at radius 1 is 1.59 bits per heavy atom. The van der Waals surface area contributed by atoms with Gasteiger partial charge in [0.15, 0.2) is 0 Å². The van der Waals surface area contributed by atoms with E-state index in [1.54, 1.807) is 6.33 Å². The Balaban J connectivity index is 2.28. The predicted octanol–water partition coefficient (Wildman–Crippen LogP) is 1.52. The molecular formula is C12H22N4O. The van der Waals surface area contributed by atoms with Crippen molar-refractivity contribution in [3.05, 3.63) is 12.2 Å². The van der Waals surface area contributed by atoms with Crippen molar-refractivity contribution in [3.8, 4) is 0 Å². The fraction of sp³-hybridized carbons (Fsp3) is 0.833. The van der Waals surface area contributed by atoms with E-state index >= 15 is 0 Å². The molecule has 1 aromatic rings. The number of hydrogen-bond donors (Lipinski definition) is 1. The van der Waals surface area contributed by atoms with Gasteiger partial charge in [0.05, 0.1) is 11.6 Å². The second-order valence-electron chi connectivity index (χ2n) is 4.69. The first-order valence-electron chi connectivity index (χ1n) is 6.46. The van der Waals surface area contributed by atoms with Gasteiger partial charge in [-0.1, -0.05) is 6.92 Å². The van der Waals surface area contributed by atoms with Crippen molar-refractivity contribution in [2.45, 2.75) is 51.8 Å². The number of nitrogens with one attached hydrogen (secondary N) is 1. The number of rotatable bonds is 5. The number of nitrogens with zero attached hydrogens (tertiary/aromatic N) is 3. The molecule has 1 fully saturated rings. The van der Waals surface area contributed by atoms with E-state index in [2.05, 4.69) is 36.2 Å². The van der Waals surface area contributed by atoms with Crippen LogP contribution in [0, 0.1) is 0 Å². The molecule has 0 aliphatic carbocycles. The van der Waals surface area contributed by atoms with E-state index in [0.29, 0.717) is 0 Å². The SMILES string of the molecule is CCNC(c1ncnn1CC)C1(C)CCCO1. The first kappa shape index (κ1) is 12.5. The predicted molar refractivity (Wildman–Crippen MR) is 65.7 cm³/mol. The van der Waals surface area contributed by atoms with Gasteiger partial charge in [-0.25, -0.2) is 9.67 Å². The quantitative estimate of drug-likeness (QED) is 0.845. The molecule has 0 spiro atoms. The van der Waals surface area contributed by atoms with E-state index < -0.39 is 0 Å². The summed E-state index contributed by atoms with van der Waals surface area (Å²) in [6, 6.07) is 0.123. The fourth-order valence-electron chi connectivity index (χ4n) is 2.55. The fourth-order valence-corrected chi connectivity index (χ4v) is 2.55. The molecule has 5 nitrogen and oxygen atoms in total. The zero-order valence-electron chi connectivity index (χ0n) is 10.9. The van der Waals surface area contributed by atoms with Crippen LogP contribution in [-0.4, -0.2) is 33.5 Å². The largest absolute Gasteiger partial charge is 0.373 e. The minimum Gasteiger partial charge on any atom is -0.373 e. The molecule has 1 aliphatic rings. The Bertz CT molecular complexity index is 357. The molecule has 2 atom stereocenters. The molecule has 1 aromatic heterocycles. The summed E-state index contributed by atoms with van der Waals surface area (Å²) in [5.74, 6) is 0.985. The molecule has 2 unspecified atom stereocenters. The summed E-state index contributed by atoms with van der Waals surface area (Å²) in [5, 5.41) is 7.74. The summed E-state index contributed by atoms with van der Waals surface area (Å²) in [6.45, 7) is 8.95. The lowest BCUT2D eigenvalue weighted by molar-refractivity contribution is -0.0155. The van der Waals surface area contributed by atoms with E-state index in [0.717, 1.165) is 38.4 Å². The van der Waals surface area contributed by atoms with Crippen molar-refractivity contribution >= 4 is 0 Å². The minimum atomic E-state index is -0.157. The monoisotopic (exact) mass is 238 g/mol. The highest BCUT2D eigenvalue weighted by atomic mass is 16.5. The topological polar surface area (TPSA) is 52.0 Å². The van der Waals surface area contributed by atoms with Gasteiger partial charge in [0.1, 0.15) is 12.2 Å². The van der Waals surface area contributed by atoms with Gasteiger partial charge in [0.2, 0.25) is 0 Å². The first-order chi connectivity index (χ1) is 8.21. The number of aromatic nitrogens is 3. The lowest BCUT2D eigenvalue weighted by Crippen LogP contribution is -2.42. The molecule has 17 heavy (non-hydrogen) atoms. The second-order valence-corrected chi connectivity index (χ2v) is 4.69. The third-order valence-electron chi connectivity index (χ3n) is 3.47. The normalized spacial score (nSPS) is 26.3. The molecule has 5 heteroatoms. The molecule has 0 bridgehead atoms. The summed E-state index contributed by atoms with van der Waals surface area (Å²) >= 11 is 0. The van der Waals surface area contributed by atoms with E-state index in [4.69, 9.17) is 4.74 Å². The Morgan fingerprint density at radius 2 is 2.41 bits per heavy atom. The summed E-state index contributed by atoms with van der Waals surface area (Å²) in [6.07, 6.45) is 3.82. The second kappa shape index (κ2) is 5.14. The maximum absolute atomic E-state index is 5.93. The zero-order valence-corrected chi connectivity index (χ0v) is 10.9. The Morgan fingerprint density at radius 3 is 3.00 bits per heavy atom. The van der Waals surface area contributed by atoms with Crippen LogP contribution in [0.5, 0.6) is 0 Å². The van der Waals surface area contributed by atoms with Crippen LogP contribution >= 0.6 is 0 Å². The average Bonchev–Trinajstić information content (AvgIpc) is 2.95. The average molecular weight is 238 g/mol. The number of aryl methyl sites for hydroxylation is 1. The van der Waals surface area contributed by atoms with Gasteiger partial charge >= 0.3 is 0 Å². The van der Waals surface area contributed by atoms with Crippen LogP contribution in [0.4, 0.5) is 0 Å². The van der Waals surface area contributed by atoms with Gasteiger partial charge in [0, 0.05) is 13.2 Å². The van der Waals surface area contributed by atoms with Gasteiger partial charge in [0.25, 0.3) is 0 Å². The van der Waals surface area contributed by atoms with E-state index in [1.807, 2.05) is 4.68 Å². The summed E-state index contributed by atoms with van der Waals surface area (Å²) in [4.78, 5) is 4.41. The van der Waals surface area contributed by atoms with Crippen molar-refractivity contribution in [1.29, 1.82) is 0 Å². The van der Waals surface area contributed by atoms with Crippen LogP contribution in [0.15, 0.2) is 6.33 Å². The highest BCUT2D eigenvalue weighted by Crippen LogP contribution is 2.36. The third-order valence-corrected chi connectivity index (χ3v) is 3.47. The molecule has 0 amide bonds. The lowest BCUT2D eigenvalue weighted by atomic mass is 9.92. The molecule has 0 aromatic carbocycles. The molecule has 1 saturated heterocycles. The van der Waals surface area contributed by atoms with Crippen molar-refractivity contribution in [3.63, 3.8) is 0 Å². The van der Waals surface area contributed by atoms with Crippen molar-refractivity contribution in [2.24, 2.45) is 0 Å². The van der Waals surface area contributed by atoms with Crippen molar-refractivity contribution < 1.29 is 4.74 Å². The van der Waals surface area contributed by atoms with Gasteiger partial charge in [-0.05, 0) is 33.2 Å². The van der Waals surface area contributed by atoms with Gasteiger partial charge < -0.3 is 10.1 Å². The maximum atomic E-state index is 5.93. The standard InChI is InChI=1S/C12H22N4O/c1-4-13-10(12(3)7-6-8-17-12)11-14-9-15-16(11)5-2/h9-10,13H,4-8H2,1-3H3. The smallest absolute Gasteiger partial charge is 0.146 e. The van der Waals surface area contributed by atoms with Crippen molar-refractivity contribution in [1.82, 2.24) is 20.1 Å². The first-order valence-corrected chi connectivity index (χ1v) is 6.46. The third kappa shape index (κ3) is 2.35. The van der Waals surface area contributed by atoms with Gasteiger partial charge in [-0.3, -0.25) is 0 Å². The lowest BCUT2D eigenvalue weighted by Gasteiger charge is -2.33. The van der Waals surface area contributed by atoms with E-state index in [-0.39, 0.29) is 11.6 Å².